The summed E-state index contributed by atoms with van der Waals surface area (Å²) in [7, 11) is 0. The van der Waals surface area contributed by atoms with Crippen LogP contribution < -0.4 is 27.4 Å². The lowest BCUT2D eigenvalue weighted by atomic mass is 10.0. The third-order valence-electron chi connectivity index (χ3n) is 5.52. The SMILES string of the molecule is CCNC(=O)N[C@H](Cc1ccccc1)C(=O)N1CCC[C@H]1C(=O)N[C@H](C=O)CCCN=C(N)N.Cl.O. The van der Waals surface area contributed by atoms with Gasteiger partial charge in [0.05, 0.1) is 6.04 Å². The molecule has 1 saturated heterocycles. The zero-order chi connectivity index (χ0) is 24.9. The lowest BCUT2D eigenvalue weighted by molar-refractivity contribution is -0.140. The molecular weight excluding hydrogens is 490 g/mol. The maximum atomic E-state index is 13.4. The van der Waals surface area contributed by atoms with Crippen molar-refractivity contribution in [1.29, 1.82) is 0 Å². The number of rotatable bonds is 12. The van der Waals surface area contributed by atoms with Crippen LogP contribution in [0.4, 0.5) is 4.79 Å². The number of aliphatic imine (C=N–C) groups is 1. The van der Waals surface area contributed by atoms with Gasteiger partial charge in [0, 0.05) is 26.1 Å². The van der Waals surface area contributed by atoms with Gasteiger partial charge in [-0.1, -0.05) is 30.3 Å². The molecule has 1 fully saturated rings. The Labute approximate surface area is 217 Å². The van der Waals surface area contributed by atoms with Crippen molar-refractivity contribution in [1.82, 2.24) is 20.9 Å². The average Bonchev–Trinajstić information content (AvgIpc) is 3.31. The first-order chi connectivity index (χ1) is 16.3. The monoisotopic (exact) mass is 527 g/mol. The molecule has 1 aliphatic rings. The van der Waals surface area contributed by atoms with Crippen molar-refractivity contribution >= 4 is 42.5 Å². The van der Waals surface area contributed by atoms with Gasteiger partial charge in [-0.3, -0.25) is 14.6 Å². The Kier molecular flexibility index (Phi) is 15.5. The summed E-state index contributed by atoms with van der Waals surface area (Å²) < 4.78 is 0. The van der Waals surface area contributed by atoms with Gasteiger partial charge in [-0.25, -0.2) is 4.79 Å². The highest BCUT2D eigenvalue weighted by Crippen LogP contribution is 2.20. The van der Waals surface area contributed by atoms with E-state index in [1.54, 1.807) is 6.92 Å². The number of urea groups is 1. The molecule has 9 N–H and O–H groups in total. The number of nitrogens with one attached hydrogen (secondary N) is 3. The molecule has 2 rings (SSSR count). The Bertz CT molecular complexity index is 868. The fraction of sp³-hybridized carbons (Fsp3) is 0.522. The maximum absolute atomic E-state index is 13.4. The highest BCUT2D eigenvalue weighted by Gasteiger charge is 2.38. The molecule has 3 atom stereocenters. The minimum Gasteiger partial charge on any atom is -0.412 e. The Morgan fingerprint density at radius 2 is 1.89 bits per heavy atom. The summed E-state index contributed by atoms with van der Waals surface area (Å²) in [5.41, 5.74) is 11.5. The van der Waals surface area contributed by atoms with Crippen LogP contribution in [0.5, 0.6) is 0 Å². The Hall–Kier alpha value is -3.38. The van der Waals surface area contributed by atoms with Gasteiger partial charge in [-0.05, 0) is 38.2 Å². The molecule has 0 aliphatic carbocycles. The van der Waals surface area contributed by atoms with E-state index in [1.807, 2.05) is 30.3 Å². The fourth-order valence-corrected chi connectivity index (χ4v) is 3.90. The molecule has 1 heterocycles. The summed E-state index contributed by atoms with van der Waals surface area (Å²) in [6.07, 6.45) is 3.00. The van der Waals surface area contributed by atoms with Crippen molar-refractivity contribution in [3.05, 3.63) is 35.9 Å². The van der Waals surface area contributed by atoms with Gasteiger partial charge in [0.15, 0.2) is 5.96 Å². The quantitative estimate of drug-likeness (QED) is 0.102. The highest BCUT2D eigenvalue weighted by atomic mass is 35.5. The normalized spacial score (nSPS) is 15.8. The third kappa shape index (κ3) is 10.5. The summed E-state index contributed by atoms with van der Waals surface area (Å²) in [6.45, 7) is 2.96. The molecule has 13 heteroatoms. The maximum Gasteiger partial charge on any atom is 0.315 e. The topological polar surface area (TPSA) is 204 Å². The molecule has 0 bridgehead atoms. The van der Waals surface area contributed by atoms with Crippen molar-refractivity contribution in [2.24, 2.45) is 16.5 Å². The molecule has 0 saturated carbocycles. The van der Waals surface area contributed by atoms with Gasteiger partial charge in [0.1, 0.15) is 18.4 Å². The molecule has 0 radical (unpaired) electrons. The highest BCUT2D eigenvalue weighted by molar-refractivity contribution is 5.93. The number of hydrogen-bond acceptors (Lipinski definition) is 5. The largest absolute Gasteiger partial charge is 0.412 e. The van der Waals surface area contributed by atoms with E-state index in [1.165, 1.54) is 4.90 Å². The summed E-state index contributed by atoms with van der Waals surface area (Å²) in [5.74, 6) is -0.748. The van der Waals surface area contributed by atoms with E-state index in [4.69, 9.17) is 11.5 Å². The van der Waals surface area contributed by atoms with Crippen LogP contribution in [0.25, 0.3) is 0 Å². The molecule has 1 aromatic carbocycles. The van der Waals surface area contributed by atoms with Crippen molar-refractivity contribution in [2.45, 2.75) is 57.2 Å². The minimum atomic E-state index is -0.830. The van der Waals surface area contributed by atoms with Crippen molar-refractivity contribution in [3.63, 3.8) is 0 Å². The van der Waals surface area contributed by atoms with Gasteiger partial charge in [-0.2, -0.15) is 0 Å². The summed E-state index contributed by atoms with van der Waals surface area (Å²) >= 11 is 0. The second-order valence-electron chi connectivity index (χ2n) is 8.14. The van der Waals surface area contributed by atoms with Crippen LogP contribution >= 0.6 is 12.4 Å². The number of benzene rings is 1. The molecule has 4 amide bonds. The van der Waals surface area contributed by atoms with Crippen LogP contribution in [-0.4, -0.2) is 78.2 Å². The minimum absolute atomic E-state index is 0. The first-order valence-corrected chi connectivity index (χ1v) is 11.6. The van der Waals surface area contributed by atoms with E-state index in [-0.39, 0.29) is 35.7 Å². The first-order valence-electron chi connectivity index (χ1n) is 11.6. The predicted octanol–water partition coefficient (Wildman–Crippen LogP) is -0.758. The van der Waals surface area contributed by atoms with Gasteiger partial charge in [0.2, 0.25) is 11.8 Å². The zero-order valence-corrected chi connectivity index (χ0v) is 21.3. The second kappa shape index (κ2) is 17.1. The van der Waals surface area contributed by atoms with Crippen molar-refractivity contribution in [3.8, 4) is 0 Å². The summed E-state index contributed by atoms with van der Waals surface area (Å²) in [6, 6.07) is 6.68. The molecular formula is C23H38ClN7O5. The predicted molar refractivity (Wildman–Crippen MR) is 140 cm³/mol. The number of nitrogens with zero attached hydrogens (tertiary/aromatic N) is 2. The van der Waals surface area contributed by atoms with E-state index in [2.05, 4.69) is 20.9 Å². The second-order valence-corrected chi connectivity index (χ2v) is 8.14. The van der Waals surface area contributed by atoms with Crippen molar-refractivity contribution < 1.29 is 24.7 Å². The third-order valence-corrected chi connectivity index (χ3v) is 5.52. The van der Waals surface area contributed by atoms with Crippen LogP contribution in [0.2, 0.25) is 0 Å². The van der Waals surface area contributed by atoms with Crippen LogP contribution in [-0.2, 0) is 20.8 Å². The van der Waals surface area contributed by atoms with Crippen LogP contribution in [0.1, 0.15) is 38.2 Å². The molecule has 0 aromatic heterocycles. The number of hydrogen-bond donors (Lipinski definition) is 5. The number of nitrogens with two attached hydrogens (primary N) is 2. The number of amides is 4. The fourth-order valence-electron chi connectivity index (χ4n) is 3.90. The average molecular weight is 528 g/mol. The lowest BCUT2D eigenvalue weighted by Crippen LogP contribution is -2.56. The molecule has 202 valence electrons. The lowest BCUT2D eigenvalue weighted by Gasteiger charge is -2.29. The van der Waals surface area contributed by atoms with Crippen LogP contribution in [0.3, 0.4) is 0 Å². The number of carbonyl (C=O) groups is 4. The number of carbonyl (C=O) groups excluding carboxylic acids is 4. The number of guanidine groups is 1. The summed E-state index contributed by atoms with van der Waals surface area (Å²) in [5, 5.41) is 8.10. The molecule has 1 aromatic rings. The Morgan fingerprint density at radius 1 is 1.19 bits per heavy atom. The molecule has 12 nitrogen and oxygen atoms in total. The van der Waals surface area contributed by atoms with Gasteiger partial charge in [0.25, 0.3) is 0 Å². The smallest absolute Gasteiger partial charge is 0.315 e. The van der Waals surface area contributed by atoms with E-state index < -0.39 is 24.2 Å². The summed E-state index contributed by atoms with van der Waals surface area (Å²) in [4.78, 5) is 55.4. The molecule has 0 spiro atoms. The number of likely N-dealkylation sites (tertiary alicyclic amines) is 1. The Balaban J connectivity index is 0.00000612. The van der Waals surface area contributed by atoms with E-state index in [0.717, 1.165) is 5.56 Å². The van der Waals surface area contributed by atoms with Crippen LogP contribution in [0, 0.1) is 0 Å². The van der Waals surface area contributed by atoms with Gasteiger partial charge < -0.3 is 42.6 Å². The first kappa shape index (κ1) is 32.6. The number of halogens is 1. The van der Waals surface area contributed by atoms with E-state index in [0.29, 0.717) is 58.0 Å². The molecule has 36 heavy (non-hydrogen) atoms. The Morgan fingerprint density at radius 3 is 2.50 bits per heavy atom. The van der Waals surface area contributed by atoms with Crippen molar-refractivity contribution in [2.75, 3.05) is 19.6 Å². The van der Waals surface area contributed by atoms with Crippen LogP contribution in [0.15, 0.2) is 35.3 Å². The van der Waals surface area contributed by atoms with Gasteiger partial charge >= 0.3 is 6.03 Å². The molecule has 0 unspecified atom stereocenters. The molecule has 1 aliphatic heterocycles. The zero-order valence-electron chi connectivity index (χ0n) is 20.4. The van der Waals surface area contributed by atoms with E-state index >= 15 is 0 Å². The van der Waals surface area contributed by atoms with E-state index in [9.17, 15) is 19.2 Å². The standard InChI is InChI=1S/C23H35N7O4.ClH.H2O/c1-2-26-23(34)29-18(14-16-8-4-3-5-9-16)21(33)30-13-7-11-19(30)20(32)28-17(15-31)10-6-12-27-22(24)25;;/h3-5,8-9,15,17-19H,2,6-7,10-14H2,1H3,(H,28,32)(H4,24,25,27)(H2,26,29,34);1H;1H2/t17-,18+,19-;;/m0../s1. The number of aldehydes is 1. The van der Waals surface area contributed by atoms with Gasteiger partial charge in [-0.15, -0.1) is 12.4 Å².